The fourth-order valence-corrected chi connectivity index (χ4v) is 3.67. The van der Waals surface area contributed by atoms with Gasteiger partial charge in [-0.25, -0.2) is 0 Å². The van der Waals surface area contributed by atoms with Crippen molar-refractivity contribution < 1.29 is 14.3 Å². The predicted molar refractivity (Wildman–Crippen MR) is 107 cm³/mol. The lowest BCUT2D eigenvalue weighted by atomic mass is 10.1. The van der Waals surface area contributed by atoms with Gasteiger partial charge in [0.25, 0.3) is 5.91 Å². The second-order valence-corrected chi connectivity index (χ2v) is 6.89. The lowest BCUT2D eigenvalue weighted by Crippen LogP contribution is -2.48. The van der Waals surface area contributed by atoms with E-state index in [2.05, 4.69) is 15.1 Å². The van der Waals surface area contributed by atoms with E-state index in [0.29, 0.717) is 18.7 Å². The van der Waals surface area contributed by atoms with Crippen molar-refractivity contribution in [2.24, 2.45) is 0 Å². The minimum Gasteiger partial charge on any atom is -0.497 e. The van der Waals surface area contributed by atoms with Gasteiger partial charge >= 0.3 is 0 Å². The molecule has 0 atom stereocenters. The Labute approximate surface area is 163 Å². The van der Waals surface area contributed by atoms with Gasteiger partial charge in [0, 0.05) is 43.7 Å². The van der Waals surface area contributed by atoms with Crippen molar-refractivity contribution in [1.82, 2.24) is 20.0 Å². The summed E-state index contributed by atoms with van der Waals surface area (Å²) in [6.45, 7) is 3.76. The van der Waals surface area contributed by atoms with Crippen molar-refractivity contribution in [2.45, 2.75) is 6.54 Å². The van der Waals surface area contributed by atoms with Crippen LogP contribution in [0.25, 0.3) is 10.9 Å². The molecule has 1 aromatic heterocycles. The van der Waals surface area contributed by atoms with Crippen LogP contribution < -0.4 is 9.47 Å². The highest BCUT2D eigenvalue weighted by molar-refractivity contribution is 6.05. The van der Waals surface area contributed by atoms with Crippen LogP contribution in [0.15, 0.2) is 42.6 Å². The number of para-hydroxylation sites is 1. The maximum absolute atomic E-state index is 13.0. The summed E-state index contributed by atoms with van der Waals surface area (Å²) in [6, 6.07) is 11.5. The Morgan fingerprint density at radius 2 is 1.93 bits per heavy atom. The SMILES string of the molecule is COc1ccc(OC)c(CN2CCN(C(=O)c3cccc4cn[nH]c34)CC2)c1. The molecule has 2 aromatic carbocycles. The molecule has 0 aliphatic carbocycles. The first-order chi connectivity index (χ1) is 13.7. The first-order valence-electron chi connectivity index (χ1n) is 9.34. The smallest absolute Gasteiger partial charge is 0.256 e. The van der Waals surface area contributed by atoms with Crippen LogP contribution in [0, 0.1) is 0 Å². The zero-order valence-corrected chi connectivity index (χ0v) is 16.1. The van der Waals surface area contributed by atoms with Gasteiger partial charge in [0.1, 0.15) is 11.5 Å². The molecular formula is C21H24N4O3. The lowest BCUT2D eigenvalue weighted by molar-refractivity contribution is 0.0629. The first-order valence-corrected chi connectivity index (χ1v) is 9.34. The number of hydrogen-bond donors (Lipinski definition) is 1. The number of fused-ring (bicyclic) bond motifs is 1. The molecule has 1 aliphatic rings. The molecule has 4 rings (SSSR count). The number of aromatic amines is 1. The van der Waals surface area contributed by atoms with Crippen LogP contribution in [-0.4, -0.2) is 66.3 Å². The van der Waals surface area contributed by atoms with Crippen molar-refractivity contribution in [3.8, 4) is 11.5 Å². The molecule has 1 N–H and O–H groups in total. The summed E-state index contributed by atoms with van der Waals surface area (Å²) >= 11 is 0. The zero-order valence-electron chi connectivity index (χ0n) is 16.1. The Kier molecular flexibility index (Phi) is 5.16. The van der Waals surface area contributed by atoms with Crippen LogP contribution in [0.3, 0.4) is 0 Å². The lowest BCUT2D eigenvalue weighted by Gasteiger charge is -2.35. The number of aromatic nitrogens is 2. The molecule has 7 nitrogen and oxygen atoms in total. The maximum atomic E-state index is 13.0. The number of ether oxygens (including phenoxy) is 2. The number of amides is 1. The van der Waals surface area contributed by atoms with Crippen LogP contribution in [0.2, 0.25) is 0 Å². The number of H-pyrrole nitrogens is 1. The molecule has 2 heterocycles. The summed E-state index contributed by atoms with van der Waals surface area (Å²) in [7, 11) is 3.34. The van der Waals surface area contributed by atoms with Gasteiger partial charge in [-0.3, -0.25) is 14.8 Å². The second kappa shape index (κ2) is 7.90. The van der Waals surface area contributed by atoms with Gasteiger partial charge in [-0.2, -0.15) is 5.10 Å². The van der Waals surface area contributed by atoms with Gasteiger partial charge < -0.3 is 14.4 Å². The molecule has 1 amide bonds. The van der Waals surface area contributed by atoms with Crippen molar-refractivity contribution in [3.63, 3.8) is 0 Å². The Morgan fingerprint density at radius 3 is 2.68 bits per heavy atom. The van der Waals surface area contributed by atoms with Crippen LogP contribution >= 0.6 is 0 Å². The predicted octanol–water partition coefficient (Wildman–Crippen LogP) is 2.54. The average molecular weight is 380 g/mol. The number of methoxy groups -OCH3 is 2. The minimum atomic E-state index is 0.0495. The maximum Gasteiger partial charge on any atom is 0.256 e. The van der Waals surface area contributed by atoms with Gasteiger partial charge in [0.2, 0.25) is 0 Å². The number of rotatable bonds is 5. The number of nitrogens with zero attached hydrogens (tertiary/aromatic N) is 3. The van der Waals surface area contributed by atoms with Crippen LogP contribution in [0.4, 0.5) is 0 Å². The highest BCUT2D eigenvalue weighted by Crippen LogP contribution is 2.26. The van der Waals surface area contributed by atoms with E-state index in [1.165, 1.54) is 0 Å². The Morgan fingerprint density at radius 1 is 1.11 bits per heavy atom. The summed E-state index contributed by atoms with van der Waals surface area (Å²) in [5.74, 6) is 1.72. The molecule has 7 heteroatoms. The normalized spacial score (nSPS) is 15.0. The fraction of sp³-hybridized carbons (Fsp3) is 0.333. The van der Waals surface area contributed by atoms with Gasteiger partial charge in [-0.1, -0.05) is 12.1 Å². The molecule has 0 unspecified atom stereocenters. The van der Waals surface area contributed by atoms with Crippen LogP contribution in [-0.2, 0) is 6.54 Å². The third-order valence-corrected chi connectivity index (χ3v) is 5.25. The van der Waals surface area contributed by atoms with Gasteiger partial charge in [0.15, 0.2) is 0 Å². The largest absolute Gasteiger partial charge is 0.497 e. The first kappa shape index (κ1) is 18.3. The van der Waals surface area contributed by atoms with E-state index in [-0.39, 0.29) is 5.91 Å². The second-order valence-electron chi connectivity index (χ2n) is 6.89. The molecule has 1 saturated heterocycles. The summed E-state index contributed by atoms with van der Waals surface area (Å²) in [4.78, 5) is 17.2. The van der Waals surface area contributed by atoms with Crippen molar-refractivity contribution in [1.29, 1.82) is 0 Å². The van der Waals surface area contributed by atoms with E-state index in [1.54, 1.807) is 20.4 Å². The van der Waals surface area contributed by atoms with Crippen molar-refractivity contribution in [3.05, 3.63) is 53.7 Å². The molecule has 0 radical (unpaired) electrons. The molecule has 3 aromatic rings. The molecule has 1 fully saturated rings. The monoisotopic (exact) mass is 380 g/mol. The Hall–Kier alpha value is -3.06. The van der Waals surface area contributed by atoms with Gasteiger partial charge in [0.05, 0.1) is 31.5 Å². The van der Waals surface area contributed by atoms with Crippen molar-refractivity contribution >= 4 is 16.8 Å². The molecule has 1 aliphatic heterocycles. The fourth-order valence-electron chi connectivity index (χ4n) is 3.67. The number of piperazine rings is 1. The van der Waals surface area contributed by atoms with Crippen LogP contribution in [0.5, 0.6) is 11.5 Å². The number of benzene rings is 2. The molecular weight excluding hydrogens is 356 g/mol. The zero-order chi connectivity index (χ0) is 19.5. The van der Waals surface area contributed by atoms with Gasteiger partial charge in [-0.05, 0) is 24.3 Å². The van der Waals surface area contributed by atoms with E-state index >= 15 is 0 Å². The summed E-state index contributed by atoms with van der Waals surface area (Å²) < 4.78 is 10.8. The minimum absolute atomic E-state index is 0.0495. The topological polar surface area (TPSA) is 70.7 Å². The molecule has 0 spiro atoms. The van der Waals surface area contributed by atoms with E-state index < -0.39 is 0 Å². The standard InChI is InChI=1S/C21H24N4O3/c1-27-17-6-7-19(28-2)16(12-17)14-24-8-10-25(11-9-24)21(26)18-5-3-4-15-13-22-23-20(15)18/h3-7,12-13H,8-11,14H2,1-2H3,(H,22,23). The Balaban J connectivity index is 1.42. The molecule has 146 valence electrons. The highest BCUT2D eigenvalue weighted by atomic mass is 16.5. The third-order valence-electron chi connectivity index (χ3n) is 5.25. The number of hydrogen-bond acceptors (Lipinski definition) is 5. The molecule has 0 saturated carbocycles. The third kappa shape index (κ3) is 3.53. The average Bonchev–Trinajstić information content (AvgIpc) is 3.22. The molecule has 0 bridgehead atoms. The van der Waals surface area contributed by atoms with E-state index in [4.69, 9.17) is 9.47 Å². The summed E-state index contributed by atoms with van der Waals surface area (Å²) in [5.41, 5.74) is 2.57. The number of carbonyl (C=O) groups is 1. The van der Waals surface area contributed by atoms with E-state index in [1.807, 2.05) is 41.3 Å². The quantitative estimate of drug-likeness (QED) is 0.737. The number of carbonyl (C=O) groups excluding carboxylic acids is 1. The Bertz CT molecular complexity index is 977. The van der Waals surface area contributed by atoms with E-state index in [9.17, 15) is 4.79 Å². The summed E-state index contributed by atoms with van der Waals surface area (Å²) in [6.07, 6.45) is 1.74. The van der Waals surface area contributed by atoms with Crippen LogP contribution in [0.1, 0.15) is 15.9 Å². The highest BCUT2D eigenvalue weighted by Gasteiger charge is 2.24. The van der Waals surface area contributed by atoms with Crippen molar-refractivity contribution in [2.75, 3.05) is 40.4 Å². The van der Waals surface area contributed by atoms with Gasteiger partial charge in [-0.15, -0.1) is 0 Å². The van der Waals surface area contributed by atoms with E-state index in [0.717, 1.165) is 47.6 Å². The number of nitrogens with one attached hydrogen (secondary N) is 1. The molecule has 28 heavy (non-hydrogen) atoms. The summed E-state index contributed by atoms with van der Waals surface area (Å²) in [5, 5.41) is 7.95.